The van der Waals surface area contributed by atoms with Crippen LogP contribution in [0.25, 0.3) is 0 Å². The van der Waals surface area contributed by atoms with Crippen LogP contribution in [-0.2, 0) is 4.74 Å². The van der Waals surface area contributed by atoms with E-state index in [0.717, 1.165) is 0 Å². The first-order chi connectivity index (χ1) is 7.31. The standard InChI is InChI=1S/C8H16O6S2/c9-2-3-5(10)6(11)7(12)8(13,14-3)1-4(15)16/h3-7,9-13,15-16H,1-2H2/t3-,5-,6+,7-,8+/m1/s1. The number of aliphatic hydroxyl groups is 5. The van der Waals surface area contributed by atoms with Gasteiger partial charge in [0.15, 0.2) is 5.79 Å². The Morgan fingerprint density at radius 3 is 2.19 bits per heavy atom. The van der Waals surface area contributed by atoms with E-state index < -0.39 is 41.4 Å². The van der Waals surface area contributed by atoms with Crippen LogP contribution >= 0.6 is 25.3 Å². The molecule has 0 aromatic rings. The van der Waals surface area contributed by atoms with Crippen molar-refractivity contribution in [3.05, 3.63) is 0 Å². The lowest BCUT2D eigenvalue weighted by Crippen LogP contribution is -2.65. The summed E-state index contributed by atoms with van der Waals surface area (Å²) in [5, 5.41) is 47.4. The molecule has 1 saturated heterocycles. The molecule has 0 radical (unpaired) electrons. The molecule has 6 nitrogen and oxygen atoms in total. The van der Waals surface area contributed by atoms with Crippen LogP contribution < -0.4 is 0 Å². The fraction of sp³-hybridized carbons (Fsp3) is 1.00. The number of hydrogen-bond donors (Lipinski definition) is 7. The van der Waals surface area contributed by atoms with Gasteiger partial charge in [-0.2, -0.15) is 25.3 Å². The highest BCUT2D eigenvalue weighted by Crippen LogP contribution is 2.33. The molecular weight excluding hydrogens is 256 g/mol. The first-order valence-corrected chi connectivity index (χ1v) is 5.76. The van der Waals surface area contributed by atoms with Gasteiger partial charge in [-0.3, -0.25) is 0 Å². The Morgan fingerprint density at radius 2 is 1.75 bits per heavy atom. The van der Waals surface area contributed by atoms with Gasteiger partial charge in [-0.25, -0.2) is 0 Å². The highest BCUT2D eigenvalue weighted by molar-refractivity contribution is 7.99. The second-order valence-electron chi connectivity index (χ2n) is 3.79. The van der Waals surface area contributed by atoms with Crippen LogP contribution in [0.15, 0.2) is 0 Å². The quantitative estimate of drug-likeness (QED) is 0.230. The van der Waals surface area contributed by atoms with Gasteiger partial charge < -0.3 is 30.3 Å². The SMILES string of the molecule is OC[C@H]1O[C@@](O)(CC(S)S)[C@H](O)[C@@H](O)[C@@H]1O. The van der Waals surface area contributed by atoms with E-state index in [9.17, 15) is 20.4 Å². The van der Waals surface area contributed by atoms with Gasteiger partial charge in [-0.15, -0.1) is 0 Å². The Balaban J connectivity index is 2.85. The summed E-state index contributed by atoms with van der Waals surface area (Å²) in [6.45, 7) is -0.586. The number of thiol groups is 2. The maximum Gasteiger partial charge on any atom is 0.197 e. The van der Waals surface area contributed by atoms with Crippen LogP contribution in [-0.4, -0.2) is 66.9 Å². The maximum absolute atomic E-state index is 9.95. The van der Waals surface area contributed by atoms with Crippen molar-refractivity contribution in [1.82, 2.24) is 0 Å². The van der Waals surface area contributed by atoms with Gasteiger partial charge in [-0.05, 0) is 0 Å². The molecule has 8 heteroatoms. The summed E-state index contributed by atoms with van der Waals surface area (Å²) < 4.78 is 4.39. The third kappa shape index (κ3) is 2.82. The smallest absolute Gasteiger partial charge is 0.197 e. The first kappa shape index (κ1) is 14.5. The van der Waals surface area contributed by atoms with Crippen LogP contribution in [0.2, 0.25) is 0 Å². The molecule has 0 saturated carbocycles. The molecule has 1 aliphatic heterocycles. The second-order valence-corrected chi connectivity index (χ2v) is 5.45. The molecule has 0 aromatic carbocycles. The van der Waals surface area contributed by atoms with E-state index in [4.69, 9.17) is 9.84 Å². The second kappa shape index (κ2) is 5.40. The molecule has 0 unspecified atom stereocenters. The monoisotopic (exact) mass is 272 g/mol. The topological polar surface area (TPSA) is 110 Å². The van der Waals surface area contributed by atoms with Crippen molar-refractivity contribution in [2.45, 2.75) is 41.2 Å². The predicted octanol–water partition coefficient (Wildman–Crippen LogP) is -2.28. The summed E-state index contributed by atoms with van der Waals surface area (Å²) in [5.74, 6) is -2.08. The molecule has 1 heterocycles. The molecule has 0 spiro atoms. The maximum atomic E-state index is 9.95. The zero-order chi connectivity index (χ0) is 12.5. The molecule has 1 aliphatic rings. The van der Waals surface area contributed by atoms with Gasteiger partial charge in [0.25, 0.3) is 0 Å². The third-order valence-electron chi connectivity index (χ3n) is 2.53. The van der Waals surface area contributed by atoms with E-state index in [2.05, 4.69) is 25.3 Å². The normalized spacial score (nSPS) is 45.0. The van der Waals surface area contributed by atoms with Crippen molar-refractivity contribution in [3.8, 4) is 0 Å². The summed E-state index contributed by atoms with van der Waals surface area (Å²) in [4.78, 5) is 0. The highest BCUT2D eigenvalue weighted by Gasteiger charge is 2.52. The Kier molecular flexibility index (Phi) is 4.90. The largest absolute Gasteiger partial charge is 0.394 e. The van der Waals surface area contributed by atoms with Gasteiger partial charge in [0.05, 0.1) is 6.61 Å². The molecular formula is C8H16O6S2. The van der Waals surface area contributed by atoms with Gasteiger partial charge in [0, 0.05) is 11.0 Å². The average molecular weight is 272 g/mol. The van der Waals surface area contributed by atoms with Crippen molar-refractivity contribution in [2.24, 2.45) is 0 Å². The molecule has 0 amide bonds. The fourth-order valence-electron chi connectivity index (χ4n) is 1.65. The van der Waals surface area contributed by atoms with Crippen molar-refractivity contribution in [1.29, 1.82) is 0 Å². The van der Waals surface area contributed by atoms with E-state index in [1.807, 2.05) is 0 Å². The van der Waals surface area contributed by atoms with Crippen molar-refractivity contribution < 1.29 is 30.3 Å². The fourth-order valence-corrected chi connectivity index (χ4v) is 2.17. The molecule has 5 atom stereocenters. The van der Waals surface area contributed by atoms with Crippen LogP contribution in [0.3, 0.4) is 0 Å². The minimum Gasteiger partial charge on any atom is -0.394 e. The molecule has 16 heavy (non-hydrogen) atoms. The predicted molar refractivity (Wildman–Crippen MR) is 61.3 cm³/mol. The number of aliphatic hydroxyl groups excluding tert-OH is 4. The molecule has 0 bridgehead atoms. The van der Waals surface area contributed by atoms with Crippen molar-refractivity contribution in [3.63, 3.8) is 0 Å². The average Bonchev–Trinajstić information content (AvgIpc) is 2.20. The zero-order valence-electron chi connectivity index (χ0n) is 8.34. The Morgan fingerprint density at radius 1 is 1.19 bits per heavy atom. The van der Waals surface area contributed by atoms with Crippen LogP contribution in [0.5, 0.6) is 0 Å². The van der Waals surface area contributed by atoms with Crippen LogP contribution in [0.4, 0.5) is 0 Å². The zero-order valence-corrected chi connectivity index (χ0v) is 10.1. The van der Waals surface area contributed by atoms with Crippen molar-refractivity contribution >= 4 is 25.3 Å². The van der Waals surface area contributed by atoms with E-state index >= 15 is 0 Å². The minimum atomic E-state index is -2.08. The number of hydrogen-bond acceptors (Lipinski definition) is 8. The van der Waals surface area contributed by atoms with E-state index in [1.54, 1.807) is 0 Å². The van der Waals surface area contributed by atoms with Crippen LogP contribution in [0, 0.1) is 0 Å². The summed E-state index contributed by atoms with van der Waals surface area (Å²) in [6.07, 6.45) is -6.08. The minimum absolute atomic E-state index is 0.166. The molecule has 5 N–H and O–H groups in total. The Bertz CT molecular complexity index is 239. The molecule has 1 fully saturated rings. The van der Waals surface area contributed by atoms with E-state index in [1.165, 1.54) is 0 Å². The van der Waals surface area contributed by atoms with Crippen molar-refractivity contribution in [2.75, 3.05) is 6.61 Å². The van der Waals surface area contributed by atoms with Crippen LogP contribution in [0.1, 0.15) is 6.42 Å². The van der Waals surface area contributed by atoms with E-state index in [0.29, 0.717) is 0 Å². The highest BCUT2D eigenvalue weighted by atomic mass is 32.2. The molecule has 96 valence electrons. The summed E-state index contributed by atoms with van der Waals surface area (Å²) >= 11 is 7.84. The van der Waals surface area contributed by atoms with Gasteiger partial charge in [0.2, 0.25) is 0 Å². The van der Waals surface area contributed by atoms with Gasteiger partial charge in [0.1, 0.15) is 24.4 Å². The van der Waals surface area contributed by atoms with E-state index in [-0.39, 0.29) is 6.42 Å². The lowest BCUT2D eigenvalue weighted by molar-refractivity contribution is -0.349. The molecule has 0 aromatic heterocycles. The lowest BCUT2D eigenvalue weighted by Gasteiger charge is -2.45. The number of rotatable bonds is 3. The Labute approximate surface area is 104 Å². The molecule has 1 rings (SSSR count). The van der Waals surface area contributed by atoms with Gasteiger partial charge in [-0.1, -0.05) is 0 Å². The molecule has 0 aliphatic carbocycles. The first-order valence-electron chi connectivity index (χ1n) is 4.73. The third-order valence-corrected chi connectivity index (χ3v) is 2.89. The number of ether oxygens (including phenoxy) is 1. The lowest BCUT2D eigenvalue weighted by atomic mass is 9.91. The van der Waals surface area contributed by atoms with Gasteiger partial charge >= 0.3 is 0 Å². The summed E-state index contributed by atoms with van der Waals surface area (Å²) in [7, 11) is 0. The summed E-state index contributed by atoms with van der Waals surface area (Å²) in [6, 6.07) is 0. The Hall–Kier alpha value is 0.460. The summed E-state index contributed by atoms with van der Waals surface area (Å²) in [5.41, 5.74) is 0.